The van der Waals surface area contributed by atoms with Crippen LogP contribution in [-0.4, -0.2) is 44.3 Å². The van der Waals surface area contributed by atoms with Crippen LogP contribution >= 0.6 is 0 Å². The summed E-state index contributed by atoms with van der Waals surface area (Å²) in [7, 11) is 1.37. The highest BCUT2D eigenvalue weighted by Crippen LogP contribution is 1.84. The van der Waals surface area contributed by atoms with Gasteiger partial charge in [-0.25, -0.2) is 4.79 Å². The molecule has 0 saturated carbocycles. The molecule has 4 nitrogen and oxygen atoms in total. The van der Waals surface area contributed by atoms with E-state index in [9.17, 15) is 4.79 Å². The lowest BCUT2D eigenvalue weighted by Gasteiger charge is -2.17. The van der Waals surface area contributed by atoms with Crippen molar-refractivity contribution in [3.8, 4) is 0 Å². The first-order valence-electron chi connectivity index (χ1n) is 4.28. The van der Waals surface area contributed by atoms with Crippen LogP contribution in [-0.2, 0) is 4.74 Å². The van der Waals surface area contributed by atoms with Gasteiger partial charge in [-0.2, -0.15) is 0 Å². The average Bonchev–Trinajstić information content (AvgIpc) is 2.12. The van der Waals surface area contributed by atoms with Crippen LogP contribution in [0, 0.1) is 0 Å². The lowest BCUT2D eigenvalue weighted by atomic mass is 10.5. The summed E-state index contributed by atoms with van der Waals surface area (Å²) in [6.07, 6.45) is -0.359. The molecule has 0 rings (SSSR count). The minimum absolute atomic E-state index is 0.359. The van der Waals surface area contributed by atoms with Gasteiger partial charge in [0.05, 0.1) is 7.11 Å². The van der Waals surface area contributed by atoms with E-state index in [0.29, 0.717) is 6.54 Å². The molecule has 0 saturated heterocycles. The van der Waals surface area contributed by atoms with Crippen molar-refractivity contribution in [2.75, 3.05) is 33.3 Å². The van der Waals surface area contributed by atoms with Crippen molar-refractivity contribution in [1.29, 1.82) is 0 Å². The standard InChI is InChI=1S/C8H18N2O2/c1-4-10(5-2)7-6-9-8(11)12-3/h4-7H2,1-3H3,(H,9,11). The third kappa shape index (κ3) is 4.96. The quantitative estimate of drug-likeness (QED) is 0.666. The normalized spacial score (nSPS) is 10.0. The number of carbonyl (C=O) groups is 1. The molecule has 0 aromatic carbocycles. The van der Waals surface area contributed by atoms with E-state index < -0.39 is 0 Å². The largest absolute Gasteiger partial charge is 0.453 e. The predicted molar refractivity (Wildman–Crippen MR) is 48.2 cm³/mol. The average molecular weight is 174 g/mol. The van der Waals surface area contributed by atoms with Gasteiger partial charge in [-0.1, -0.05) is 13.8 Å². The van der Waals surface area contributed by atoms with Crippen molar-refractivity contribution in [2.45, 2.75) is 13.8 Å². The van der Waals surface area contributed by atoms with Gasteiger partial charge in [-0.05, 0) is 13.1 Å². The third-order valence-electron chi connectivity index (χ3n) is 1.78. The fourth-order valence-corrected chi connectivity index (χ4v) is 0.928. The Morgan fingerprint density at radius 3 is 2.42 bits per heavy atom. The Balaban J connectivity index is 3.34. The molecule has 1 amide bonds. The number of alkyl carbamates (subject to hydrolysis) is 1. The molecule has 12 heavy (non-hydrogen) atoms. The van der Waals surface area contributed by atoms with Crippen LogP contribution in [0.15, 0.2) is 0 Å². The van der Waals surface area contributed by atoms with Crippen LogP contribution in [0.25, 0.3) is 0 Å². The number of carbonyl (C=O) groups excluding carboxylic acids is 1. The molecule has 0 unspecified atom stereocenters. The maximum absolute atomic E-state index is 10.6. The molecule has 0 spiro atoms. The maximum atomic E-state index is 10.6. The molecule has 0 aliphatic carbocycles. The predicted octanol–water partition coefficient (Wildman–Crippen LogP) is 0.684. The minimum atomic E-state index is -0.359. The highest BCUT2D eigenvalue weighted by Gasteiger charge is 2.00. The van der Waals surface area contributed by atoms with Gasteiger partial charge >= 0.3 is 6.09 Å². The number of ether oxygens (including phenoxy) is 1. The van der Waals surface area contributed by atoms with E-state index in [1.165, 1.54) is 7.11 Å². The number of hydrogen-bond acceptors (Lipinski definition) is 3. The molecule has 1 N–H and O–H groups in total. The van der Waals surface area contributed by atoms with Crippen LogP contribution in [0.2, 0.25) is 0 Å². The van der Waals surface area contributed by atoms with Crippen molar-refractivity contribution in [3.63, 3.8) is 0 Å². The summed E-state index contributed by atoms with van der Waals surface area (Å²) in [4.78, 5) is 12.9. The van der Waals surface area contributed by atoms with Crippen molar-refractivity contribution >= 4 is 6.09 Å². The number of likely N-dealkylation sites (N-methyl/N-ethyl adjacent to an activating group) is 1. The van der Waals surface area contributed by atoms with Gasteiger partial charge in [0.1, 0.15) is 0 Å². The minimum Gasteiger partial charge on any atom is -0.453 e. The Hall–Kier alpha value is -0.770. The SMILES string of the molecule is CCN(CC)CCNC(=O)OC. The number of nitrogens with one attached hydrogen (secondary N) is 1. The summed E-state index contributed by atoms with van der Waals surface area (Å²) in [5, 5.41) is 2.63. The summed E-state index contributed by atoms with van der Waals surface area (Å²) < 4.78 is 4.43. The highest BCUT2D eigenvalue weighted by molar-refractivity contribution is 5.66. The van der Waals surface area contributed by atoms with Gasteiger partial charge in [0, 0.05) is 13.1 Å². The Kier molecular flexibility index (Phi) is 6.47. The summed E-state index contributed by atoms with van der Waals surface area (Å²) in [6, 6.07) is 0. The third-order valence-corrected chi connectivity index (χ3v) is 1.78. The molecule has 4 heteroatoms. The first kappa shape index (κ1) is 11.2. The van der Waals surface area contributed by atoms with Crippen LogP contribution in [0.1, 0.15) is 13.8 Å². The number of hydrogen-bond donors (Lipinski definition) is 1. The van der Waals surface area contributed by atoms with Gasteiger partial charge in [-0.15, -0.1) is 0 Å². The highest BCUT2D eigenvalue weighted by atomic mass is 16.5. The topological polar surface area (TPSA) is 41.6 Å². The van der Waals surface area contributed by atoms with E-state index in [2.05, 4.69) is 28.8 Å². The van der Waals surface area contributed by atoms with Crippen LogP contribution in [0.4, 0.5) is 4.79 Å². The first-order valence-corrected chi connectivity index (χ1v) is 4.28. The zero-order valence-electron chi connectivity index (χ0n) is 8.09. The zero-order chi connectivity index (χ0) is 9.40. The molecule has 0 aromatic heterocycles. The number of methoxy groups -OCH3 is 1. The van der Waals surface area contributed by atoms with E-state index in [1.54, 1.807) is 0 Å². The number of amides is 1. The second kappa shape index (κ2) is 6.91. The lowest BCUT2D eigenvalue weighted by molar-refractivity contribution is 0.169. The second-order valence-corrected chi connectivity index (χ2v) is 2.45. The summed E-state index contributed by atoms with van der Waals surface area (Å²) in [6.45, 7) is 7.75. The molecular formula is C8H18N2O2. The Morgan fingerprint density at radius 1 is 1.42 bits per heavy atom. The van der Waals surface area contributed by atoms with Crippen LogP contribution in [0.3, 0.4) is 0 Å². The van der Waals surface area contributed by atoms with Crippen molar-refractivity contribution in [1.82, 2.24) is 10.2 Å². The smallest absolute Gasteiger partial charge is 0.406 e. The molecule has 0 bridgehead atoms. The first-order chi connectivity index (χ1) is 5.74. The van der Waals surface area contributed by atoms with Gasteiger partial charge in [0.2, 0.25) is 0 Å². The van der Waals surface area contributed by atoms with E-state index in [0.717, 1.165) is 19.6 Å². The van der Waals surface area contributed by atoms with Gasteiger partial charge in [-0.3, -0.25) is 0 Å². The molecule has 72 valence electrons. The fourth-order valence-electron chi connectivity index (χ4n) is 0.928. The fraction of sp³-hybridized carbons (Fsp3) is 0.875. The van der Waals surface area contributed by atoms with E-state index in [-0.39, 0.29) is 6.09 Å². The van der Waals surface area contributed by atoms with E-state index >= 15 is 0 Å². The van der Waals surface area contributed by atoms with E-state index in [1.807, 2.05) is 0 Å². The summed E-state index contributed by atoms with van der Waals surface area (Å²) >= 11 is 0. The Bertz CT molecular complexity index is 124. The number of nitrogens with zero attached hydrogens (tertiary/aromatic N) is 1. The van der Waals surface area contributed by atoms with Crippen molar-refractivity contribution < 1.29 is 9.53 Å². The van der Waals surface area contributed by atoms with Crippen LogP contribution < -0.4 is 5.32 Å². The molecule has 0 aliphatic heterocycles. The van der Waals surface area contributed by atoms with E-state index in [4.69, 9.17) is 0 Å². The van der Waals surface area contributed by atoms with Gasteiger partial charge in [0.25, 0.3) is 0 Å². The lowest BCUT2D eigenvalue weighted by Crippen LogP contribution is -2.34. The summed E-state index contributed by atoms with van der Waals surface area (Å²) in [5.74, 6) is 0. The molecule has 0 fully saturated rings. The van der Waals surface area contributed by atoms with Crippen molar-refractivity contribution in [2.24, 2.45) is 0 Å². The molecule has 0 radical (unpaired) electrons. The molecule has 0 aromatic rings. The number of rotatable bonds is 5. The monoisotopic (exact) mass is 174 g/mol. The van der Waals surface area contributed by atoms with Gasteiger partial charge in [0.15, 0.2) is 0 Å². The van der Waals surface area contributed by atoms with Gasteiger partial charge < -0.3 is 15.0 Å². The molecule has 0 heterocycles. The Morgan fingerprint density at radius 2 is 2.00 bits per heavy atom. The maximum Gasteiger partial charge on any atom is 0.406 e. The zero-order valence-corrected chi connectivity index (χ0v) is 8.09. The Labute approximate surface area is 73.9 Å². The molecule has 0 aliphatic rings. The summed E-state index contributed by atoms with van der Waals surface area (Å²) in [5.41, 5.74) is 0. The second-order valence-electron chi connectivity index (χ2n) is 2.45. The molecular weight excluding hydrogens is 156 g/mol. The van der Waals surface area contributed by atoms with Crippen LogP contribution in [0.5, 0.6) is 0 Å². The molecule has 0 atom stereocenters. The van der Waals surface area contributed by atoms with Crippen molar-refractivity contribution in [3.05, 3.63) is 0 Å².